The maximum absolute atomic E-state index is 13.2. The lowest BCUT2D eigenvalue weighted by Gasteiger charge is -2.37. The van der Waals surface area contributed by atoms with Gasteiger partial charge in [0.05, 0.1) is 25.7 Å². The predicted molar refractivity (Wildman–Crippen MR) is 146 cm³/mol. The number of esters is 1. The topological polar surface area (TPSA) is 68.7 Å². The second-order valence-corrected chi connectivity index (χ2v) is 11.6. The van der Waals surface area contributed by atoms with E-state index >= 15 is 0 Å². The van der Waals surface area contributed by atoms with Crippen molar-refractivity contribution in [3.63, 3.8) is 0 Å². The summed E-state index contributed by atoms with van der Waals surface area (Å²) in [5.41, 5.74) is 1.45. The van der Waals surface area contributed by atoms with Gasteiger partial charge in [0.1, 0.15) is 5.75 Å². The van der Waals surface area contributed by atoms with E-state index < -0.39 is 0 Å². The van der Waals surface area contributed by atoms with Crippen LogP contribution in [0.25, 0.3) is 10.9 Å². The lowest BCUT2D eigenvalue weighted by atomic mass is 9.81. The molecule has 0 amide bonds. The van der Waals surface area contributed by atoms with Crippen LogP contribution in [0.4, 0.5) is 0 Å². The molecule has 36 heavy (non-hydrogen) atoms. The lowest BCUT2D eigenvalue weighted by Crippen LogP contribution is -2.45. The Labute approximate surface area is 219 Å². The number of pyridine rings is 1. The van der Waals surface area contributed by atoms with Crippen LogP contribution in [0.1, 0.15) is 68.1 Å². The third kappa shape index (κ3) is 7.00. The van der Waals surface area contributed by atoms with Crippen molar-refractivity contribution in [1.29, 1.82) is 0 Å². The summed E-state index contributed by atoms with van der Waals surface area (Å²) in [4.78, 5) is 32.7. The van der Waals surface area contributed by atoms with Gasteiger partial charge in [-0.1, -0.05) is 25.7 Å². The molecule has 6 nitrogen and oxygen atoms in total. The number of carbonyl (C=O) groups excluding carboxylic acids is 2. The smallest absolute Gasteiger partial charge is 0.310 e. The molecule has 7 heteroatoms. The lowest BCUT2D eigenvalue weighted by molar-refractivity contribution is -0.149. The van der Waals surface area contributed by atoms with Crippen molar-refractivity contribution < 1.29 is 19.1 Å². The molecule has 2 atom stereocenters. The fourth-order valence-electron chi connectivity index (χ4n) is 5.74. The number of hydrogen-bond donors (Lipinski definition) is 0. The van der Waals surface area contributed by atoms with E-state index in [-0.39, 0.29) is 23.6 Å². The number of rotatable bonds is 10. The van der Waals surface area contributed by atoms with Gasteiger partial charge in [-0.25, -0.2) is 0 Å². The van der Waals surface area contributed by atoms with Gasteiger partial charge in [-0.05, 0) is 62.4 Å². The van der Waals surface area contributed by atoms with Crippen molar-refractivity contribution in [3.05, 3.63) is 36.0 Å². The highest BCUT2D eigenvalue weighted by atomic mass is 32.2. The number of thioether (sulfide) groups is 1. The van der Waals surface area contributed by atoms with Crippen LogP contribution in [0, 0.1) is 11.8 Å². The van der Waals surface area contributed by atoms with Crippen molar-refractivity contribution in [2.45, 2.75) is 63.0 Å². The molecule has 2 fully saturated rings. The Morgan fingerprint density at radius 1 is 1.08 bits per heavy atom. The normalized spacial score (nSPS) is 21.7. The molecule has 2 aliphatic rings. The number of piperidine rings is 1. The number of ketones is 1. The summed E-state index contributed by atoms with van der Waals surface area (Å²) in [6, 6.07) is 7.39. The van der Waals surface area contributed by atoms with E-state index in [9.17, 15) is 9.59 Å². The highest BCUT2D eigenvalue weighted by molar-refractivity contribution is 7.99. The Kier molecular flexibility index (Phi) is 10.0. The van der Waals surface area contributed by atoms with E-state index in [1.54, 1.807) is 19.4 Å². The van der Waals surface area contributed by atoms with Crippen LogP contribution in [0.2, 0.25) is 0 Å². The average molecular weight is 513 g/mol. The van der Waals surface area contributed by atoms with Crippen molar-refractivity contribution in [2.24, 2.45) is 11.8 Å². The van der Waals surface area contributed by atoms with Crippen molar-refractivity contribution in [2.75, 3.05) is 39.6 Å². The van der Waals surface area contributed by atoms with Crippen molar-refractivity contribution in [3.8, 4) is 5.75 Å². The quantitative estimate of drug-likeness (QED) is 0.227. The summed E-state index contributed by atoms with van der Waals surface area (Å²) in [5, 5.41) is 1.61. The van der Waals surface area contributed by atoms with Gasteiger partial charge in [0.15, 0.2) is 5.78 Å². The number of ether oxygens (including phenoxy) is 2. The molecule has 2 heterocycles. The number of aromatic nitrogens is 1. The van der Waals surface area contributed by atoms with E-state index in [1.807, 2.05) is 18.2 Å². The fourth-order valence-corrected chi connectivity index (χ4v) is 7.10. The minimum absolute atomic E-state index is 0.0847. The Morgan fingerprint density at radius 2 is 1.89 bits per heavy atom. The maximum Gasteiger partial charge on any atom is 0.310 e. The molecule has 0 radical (unpaired) electrons. The van der Waals surface area contributed by atoms with Crippen LogP contribution in [0.15, 0.2) is 30.5 Å². The van der Waals surface area contributed by atoms with E-state index in [1.165, 1.54) is 45.6 Å². The van der Waals surface area contributed by atoms with Crippen LogP contribution in [0.3, 0.4) is 0 Å². The summed E-state index contributed by atoms with van der Waals surface area (Å²) in [5.74, 6) is 1.76. The highest BCUT2D eigenvalue weighted by Crippen LogP contribution is 2.32. The average Bonchev–Trinajstić information content (AvgIpc) is 3.19. The Bertz CT molecular complexity index is 1020. The first-order chi connectivity index (χ1) is 17.6. The molecule has 0 bridgehead atoms. The number of methoxy groups -OCH3 is 2. The zero-order chi connectivity index (χ0) is 25.3. The summed E-state index contributed by atoms with van der Waals surface area (Å²) in [6.07, 6.45) is 11.9. The highest BCUT2D eigenvalue weighted by Gasteiger charge is 2.35. The molecular formula is C29H40N2O4S. The van der Waals surface area contributed by atoms with Crippen LogP contribution in [-0.4, -0.2) is 66.5 Å². The van der Waals surface area contributed by atoms with Crippen molar-refractivity contribution in [1.82, 2.24) is 9.88 Å². The first kappa shape index (κ1) is 26.9. The first-order valence-corrected chi connectivity index (χ1v) is 14.5. The molecule has 1 aromatic carbocycles. The van der Waals surface area contributed by atoms with Gasteiger partial charge in [-0.3, -0.25) is 14.6 Å². The molecule has 4 rings (SSSR count). The SMILES string of the molecule is COC(=O)[C@H]1CN(CCSC2CCCCCC2)CC[C@H]1CCC(=O)c1ccnc2ccc(OC)cc12. The molecule has 0 spiro atoms. The summed E-state index contributed by atoms with van der Waals surface area (Å²) < 4.78 is 10.5. The number of fused-ring (bicyclic) bond motifs is 1. The van der Waals surface area contributed by atoms with Crippen LogP contribution < -0.4 is 4.74 Å². The molecule has 0 N–H and O–H groups in total. The standard InChI is InChI=1S/C29H40N2O4S/c1-34-22-10-11-27-25(19-22)24(13-15-30-27)28(32)12-9-21-14-16-31(20-26(21)29(33)35-2)17-18-36-23-7-5-3-4-6-8-23/h10-11,13,15,19,21,23,26H,3-9,12,14,16-18,20H2,1-2H3/t21-,26+/m1/s1. The molecular weight excluding hydrogens is 472 g/mol. The Hall–Kier alpha value is -2.12. The Balaban J connectivity index is 1.33. The molecule has 196 valence electrons. The van der Waals surface area contributed by atoms with Gasteiger partial charge in [-0.2, -0.15) is 11.8 Å². The molecule has 1 saturated heterocycles. The van der Waals surface area contributed by atoms with E-state index in [0.29, 0.717) is 24.2 Å². The fraction of sp³-hybridized carbons (Fsp3) is 0.621. The zero-order valence-corrected chi connectivity index (χ0v) is 22.6. The van der Waals surface area contributed by atoms with Crippen LogP contribution in [-0.2, 0) is 9.53 Å². The molecule has 1 aliphatic carbocycles. The van der Waals surface area contributed by atoms with Gasteiger partial charge in [0, 0.05) is 47.7 Å². The summed E-state index contributed by atoms with van der Waals surface area (Å²) in [7, 11) is 3.09. The third-order valence-corrected chi connectivity index (χ3v) is 9.26. The predicted octanol–water partition coefficient (Wildman–Crippen LogP) is 5.77. The van der Waals surface area contributed by atoms with Gasteiger partial charge < -0.3 is 14.4 Å². The zero-order valence-electron chi connectivity index (χ0n) is 21.7. The maximum atomic E-state index is 13.2. The van der Waals surface area contributed by atoms with Gasteiger partial charge in [0.25, 0.3) is 0 Å². The van der Waals surface area contributed by atoms with Gasteiger partial charge >= 0.3 is 5.97 Å². The number of nitrogens with zero attached hydrogens (tertiary/aromatic N) is 2. The molecule has 0 unspecified atom stereocenters. The number of carbonyl (C=O) groups is 2. The number of likely N-dealkylation sites (tertiary alicyclic amines) is 1. The minimum Gasteiger partial charge on any atom is -0.497 e. The van der Waals surface area contributed by atoms with E-state index in [0.717, 1.165) is 48.0 Å². The molecule has 1 saturated carbocycles. The second-order valence-electron chi connectivity index (χ2n) is 10.2. The number of benzene rings is 1. The largest absolute Gasteiger partial charge is 0.497 e. The minimum atomic E-state index is -0.172. The second kappa shape index (κ2) is 13.4. The summed E-state index contributed by atoms with van der Waals surface area (Å²) >= 11 is 2.12. The van der Waals surface area contributed by atoms with Crippen LogP contribution >= 0.6 is 11.8 Å². The van der Waals surface area contributed by atoms with Gasteiger partial charge in [-0.15, -0.1) is 0 Å². The van der Waals surface area contributed by atoms with Gasteiger partial charge in [0.2, 0.25) is 0 Å². The summed E-state index contributed by atoms with van der Waals surface area (Å²) in [6.45, 7) is 2.73. The third-order valence-electron chi connectivity index (χ3n) is 7.90. The first-order valence-electron chi connectivity index (χ1n) is 13.5. The number of hydrogen-bond acceptors (Lipinski definition) is 7. The Morgan fingerprint density at radius 3 is 2.64 bits per heavy atom. The van der Waals surface area contributed by atoms with E-state index in [4.69, 9.17) is 9.47 Å². The molecule has 2 aromatic rings. The van der Waals surface area contributed by atoms with Crippen molar-refractivity contribution >= 4 is 34.4 Å². The van der Waals surface area contributed by atoms with Crippen LogP contribution in [0.5, 0.6) is 5.75 Å². The van der Waals surface area contributed by atoms with E-state index in [2.05, 4.69) is 21.6 Å². The number of Topliss-reactive ketones (excluding diaryl/α,β-unsaturated/α-hetero) is 1. The molecule has 1 aliphatic heterocycles. The monoisotopic (exact) mass is 512 g/mol. The molecule has 1 aromatic heterocycles.